The fourth-order valence-corrected chi connectivity index (χ4v) is 1.65. The molecule has 0 atom stereocenters. The number of nitrogens with one attached hydrogen (secondary N) is 3. The summed E-state index contributed by atoms with van der Waals surface area (Å²) >= 11 is 5.10. The van der Waals surface area contributed by atoms with Gasteiger partial charge in [0.15, 0.2) is 5.11 Å². The lowest BCUT2D eigenvalue weighted by Crippen LogP contribution is -2.42. The zero-order chi connectivity index (χ0) is 12.8. The van der Waals surface area contributed by atoms with Crippen LogP contribution in [0.3, 0.4) is 0 Å². The van der Waals surface area contributed by atoms with E-state index in [0.717, 1.165) is 18.4 Å². The summed E-state index contributed by atoms with van der Waals surface area (Å²) in [7, 11) is 0. The van der Waals surface area contributed by atoms with Gasteiger partial charge in [-0.25, -0.2) is 0 Å². The molecule has 3 N–H and O–H groups in total. The van der Waals surface area contributed by atoms with Crippen LogP contribution in [0.2, 0.25) is 0 Å². The van der Waals surface area contributed by atoms with Crippen molar-refractivity contribution < 1.29 is 4.79 Å². The van der Waals surface area contributed by atoms with Crippen LogP contribution in [0.15, 0.2) is 30.3 Å². The van der Waals surface area contributed by atoms with Crippen molar-refractivity contribution in [3.63, 3.8) is 0 Å². The fourth-order valence-electron chi connectivity index (χ4n) is 1.51. The van der Waals surface area contributed by atoms with E-state index in [-0.39, 0.29) is 12.5 Å². The Kier molecular flexibility index (Phi) is 4.52. The van der Waals surface area contributed by atoms with Gasteiger partial charge in [-0.15, -0.1) is 0 Å². The summed E-state index contributed by atoms with van der Waals surface area (Å²) in [6.07, 6.45) is 2.20. The Balaban J connectivity index is 1.61. The number of carbonyl (C=O) groups excluding carboxylic acids is 1. The maximum atomic E-state index is 11.4. The summed E-state index contributed by atoms with van der Waals surface area (Å²) in [6, 6.07) is 10.4. The number of thiocarbonyl (C=S) groups is 1. The van der Waals surface area contributed by atoms with Crippen LogP contribution in [0, 0.1) is 0 Å². The second kappa shape index (κ2) is 6.35. The Morgan fingerprint density at radius 2 is 1.94 bits per heavy atom. The lowest BCUT2D eigenvalue weighted by Gasteiger charge is -2.10. The van der Waals surface area contributed by atoms with Gasteiger partial charge in [0.1, 0.15) is 0 Å². The van der Waals surface area contributed by atoms with Crippen molar-refractivity contribution in [3.05, 3.63) is 35.9 Å². The molecule has 0 aliphatic heterocycles. The van der Waals surface area contributed by atoms with Crippen LogP contribution in [0.25, 0.3) is 0 Å². The van der Waals surface area contributed by atoms with Gasteiger partial charge in [0.05, 0.1) is 6.54 Å². The zero-order valence-electron chi connectivity index (χ0n) is 10.1. The molecule has 0 saturated heterocycles. The molecule has 1 amide bonds. The van der Waals surface area contributed by atoms with Gasteiger partial charge in [0, 0.05) is 12.6 Å². The molecule has 1 fully saturated rings. The summed E-state index contributed by atoms with van der Waals surface area (Å²) in [5.74, 6) is 0.00126. The predicted molar refractivity (Wildman–Crippen MR) is 75.0 cm³/mol. The molecule has 2 rings (SSSR count). The topological polar surface area (TPSA) is 53.2 Å². The monoisotopic (exact) mass is 263 g/mol. The third kappa shape index (κ3) is 4.71. The Bertz CT molecular complexity index is 418. The Labute approximate surface area is 112 Å². The van der Waals surface area contributed by atoms with E-state index in [4.69, 9.17) is 12.2 Å². The highest BCUT2D eigenvalue weighted by Gasteiger charge is 2.22. The Hall–Kier alpha value is -1.62. The molecule has 0 heterocycles. The van der Waals surface area contributed by atoms with E-state index in [2.05, 4.69) is 16.0 Å². The summed E-state index contributed by atoms with van der Waals surface area (Å²) < 4.78 is 0. The third-order valence-corrected chi connectivity index (χ3v) is 2.94. The molecule has 96 valence electrons. The smallest absolute Gasteiger partial charge is 0.239 e. The van der Waals surface area contributed by atoms with Crippen LogP contribution in [-0.4, -0.2) is 23.6 Å². The quantitative estimate of drug-likeness (QED) is 0.692. The molecule has 0 radical (unpaired) electrons. The number of hydrogen-bond acceptors (Lipinski definition) is 2. The molecule has 1 aliphatic carbocycles. The number of hydrogen-bond donors (Lipinski definition) is 3. The molecule has 0 aromatic heterocycles. The molecule has 0 bridgehead atoms. The van der Waals surface area contributed by atoms with Crippen molar-refractivity contribution in [2.45, 2.75) is 25.4 Å². The SMILES string of the molecule is O=C(CNC(=S)NCc1ccccc1)NC1CC1. The molecule has 1 saturated carbocycles. The van der Waals surface area contributed by atoms with Crippen molar-refractivity contribution in [1.29, 1.82) is 0 Å². The lowest BCUT2D eigenvalue weighted by molar-refractivity contribution is -0.120. The van der Waals surface area contributed by atoms with Crippen LogP contribution in [0.5, 0.6) is 0 Å². The van der Waals surface area contributed by atoms with Crippen LogP contribution >= 0.6 is 12.2 Å². The summed E-state index contributed by atoms with van der Waals surface area (Å²) in [6.45, 7) is 0.897. The molecule has 0 spiro atoms. The number of amides is 1. The van der Waals surface area contributed by atoms with Crippen LogP contribution in [-0.2, 0) is 11.3 Å². The standard InChI is InChI=1S/C13H17N3OS/c17-12(16-11-6-7-11)9-15-13(18)14-8-10-4-2-1-3-5-10/h1-5,11H,6-9H2,(H,16,17)(H2,14,15,18). The van der Waals surface area contributed by atoms with Crippen molar-refractivity contribution >= 4 is 23.2 Å². The first kappa shape index (κ1) is 12.8. The Morgan fingerprint density at radius 1 is 1.22 bits per heavy atom. The van der Waals surface area contributed by atoms with Crippen LogP contribution in [0.4, 0.5) is 0 Å². The highest BCUT2D eigenvalue weighted by molar-refractivity contribution is 7.80. The van der Waals surface area contributed by atoms with Gasteiger partial charge in [-0.1, -0.05) is 30.3 Å². The zero-order valence-corrected chi connectivity index (χ0v) is 10.9. The second-order valence-electron chi connectivity index (χ2n) is 4.36. The Morgan fingerprint density at radius 3 is 2.61 bits per heavy atom. The van der Waals surface area contributed by atoms with Gasteiger partial charge in [-0.2, -0.15) is 0 Å². The van der Waals surface area contributed by atoms with Gasteiger partial charge >= 0.3 is 0 Å². The molecular weight excluding hydrogens is 246 g/mol. The van der Waals surface area contributed by atoms with Gasteiger partial charge < -0.3 is 16.0 Å². The van der Waals surface area contributed by atoms with E-state index < -0.39 is 0 Å². The van der Waals surface area contributed by atoms with E-state index in [9.17, 15) is 4.79 Å². The minimum Gasteiger partial charge on any atom is -0.359 e. The third-order valence-electron chi connectivity index (χ3n) is 2.65. The van der Waals surface area contributed by atoms with Gasteiger partial charge in [-0.05, 0) is 30.6 Å². The van der Waals surface area contributed by atoms with Gasteiger partial charge in [0.2, 0.25) is 5.91 Å². The molecule has 1 aromatic rings. The normalized spacial score (nSPS) is 13.8. The average Bonchev–Trinajstić information content (AvgIpc) is 3.19. The summed E-state index contributed by atoms with van der Waals surface area (Å²) in [5, 5.41) is 9.36. The molecule has 4 nitrogen and oxygen atoms in total. The fraction of sp³-hybridized carbons (Fsp3) is 0.385. The van der Waals surface area contributed by atoms with E-state index in [1.165, 1.54) is 0 Å². The molecule has 5 heteroatoms. The lowest BCUT2D eigenvalue weighted by atomic mass is 10.2. The van der Waals surface area contributed by atoms with Crippen LogP contribution < -0.4 is 16.0 Å². The largest absolute Gasteiger partial charge is 0.359 e. The summed E-state index contributed by atoms with van der Waals surface area (Å²) in [4.78, 5) is 11.4. The van der Waals surface area contributed by atoms with E-state index in [1.54, 1.807) is 0 Å². The minimum absolute atomic E-state index is 0.00126. The van der Waals surface area contributed by atoms with Crippen molar-refractivity contribution in [2.75, 3.05) is 6.54 Å². The maximum absolute atomic E-state index is 11.4. The second-order valence-corrected chi connectivity index (χ2v) is 4.77. The van der Waals surface area contributed by atoms with Gasteiger partial charge in [-0.3, -0.25) is 4.79 Å². The number of benzene rings is 1. The van der Waals surface area contributed by atoms with E-state index in [1.807, 2.05) is 30.3 Å². The average molecular weight is 263 g/mol. The molecule has 0 unspecified atom stereocenters. The number of carbonyl (C=O) groups is 1. The highest BCUT2D eigenvalue weighted by atomic mass is 32.1. The van der Waals surface area contributed by atoms with Crippen molar-refractivity contribution in [3.8, 4) is 0 Å². The van der Waals surface area contributed by atoms with Crippen molar-refractivity contribution in [1.82, 2.24) is 16.0 Å². The van der Waals surface area contributed by atoms with E-state index in [0.29, 0.717) is 17.7 Å². The highest BCUT2D eigenvalue weighted by Crippen LogP contribution is 2.18. The molecular formula is C13H17N3OS. The first-order valence-corrected chi connectivity index (χ1v) is 6.50. The van der Waals surface area contributed by atoms with Gasteiger partial charge in [0.25, 0.3) is 0 Å². The van der Waals surface area contributed by atoms with E-state index >= 15 is 0 Å². The van der Waals surface area contributed by atoms with Crippen LogP contribution in [0.1, 0.15) is 18.4 Å². The maximum Gasteiger partial charge on any atom is 0.239 e. The minimum atomic E-state index is 0.00126. The first-order chi connectivity index (χ1) is 8.74. The van der Waals surface area contributed by atoms with Crippen molar-refractivity contribution in [2.24, 2.45) is 0 Å². The first-order valence-electron chi connectivity index (χ1n) is 6.09. The molecule has 1 aromatic carbocycles. The molecule has 18 heavy (non-hydrogen) atoms. The summed E-state index contributed by atoms with van der Waals surface area (Å²) in [5.41, 5.74) is 1.16. The molecule has 1 aliphatic rings. The number of rotatable bonds is 5. The predicted octanol–water partition coefficient (Wildman–Crippen LogP) is 0.929.